The number of halogens is 4. The molecule has 0 unspecified atom stereocenters. The van der Waals surface area contributed by atoms with E-state index in [1.54, 1.807) is 41.5 Å². The van der Waals surface area contributed by atoms with Gasteiger partial charge < -0.3 is 19.7 Å². The highest BCUT2D eigenvalue weighted by atomic mass is 19.4. The van der Waals surface area contributed by atoms with Crippen LogP contribution in [0.3, 0.4) is 0 Å². The SMILES string of the molecule is CC(C)(C)OC(=O)NC1(c2ccc(F)c(C(F)(F)F)c2)CN(C(=O)OC(C)(C)C)C1. The Morgan fingerprint density at radius 1 is 1.00 bits per heavy atom. The fourth-order valence-electron chi connectivity index (χ4n) is 2.93. The molecule has 1 fully saturated rings. The molecule has 0 saturated carbocycles. The van der Waals surface area contributed by atoms with Crippen molar-refractivity contribution in [3.05, 3.63) is 35.1 Å². The number of alkyl halides is 3. The summed E-state index contributed by atoms with van der Waals surface area (Å²) in [6.45, 7) is 9.59. The third-order valence-corrected chi connectivity index (χ3v) is 4.14. The highest BCUT2D eigenvalue weighted by Crippen LogP contribution is 2.38. The van der Waals surface area contributed by atoms with Crippen LogP contribution in [0.25, 0.3) is 0 Å². The molecule has 2 rings (SSSR count). The maximum absolute atomic E-state index is 13.7. The first-order valence-electron chi connectivity index (χ1n) is 9.28. The quantitative estimate of drug-likeness (QED) is 0.678. The van der Waals surface area contributed by atoms with Gasteiger partial charge in [-0.1, -0.05) is 6.07 Å². The van der Waals surface area contributed by atoms with Gasteiger partial charge in [-0.2, -0.15) is 13.2 Å². The van der Waals surface area contributed by atoms with Crippen LogP contribution in [0.5, 0.6) is 0 Å². The van der Waals surface area contributed by atoms with Crippen molar-refractivity contribution in [1.82, 2.24) is 10.2 Å². The zero-order chi connectivity index (χ0) is 23.1. The number of alkyl carbamates (subject to hydrolysis) is 1. The molecule has 1 saturated heterocycles. The van der Waals surface area contributed by atoms with Gasteiger partial charge >= 0.3 is 18.4 Å². The minimum absolute atomic E-state index is 0.00175. The minimum Gasteiger partial charge on any atom is -0.444 e. The molecule has 6 nitrogen and oxygen atoms in total. The van der Waals surface area contributed by atoms with Crippen LogP contribution < -0.4 is 5.32 Å². The molecule has 1 aliphatic rings. The van der Waals surface area contributed by atoms with Gasteiger partial charge in [-0.3, -0.25) is 0 Å². The van der Waals surface area contributed by atoms with Crippen molar-refractivity contribution in [3.8, 4) is 0 Å². The Labute approximate surface area is 172 Å². The number of benzene rings is 1. The number of ether oxygens (including phenoxy) is 2. The van der Waals surface area contributed by atoms with Crippen LogP contribution in [0.2, 0.25) is 0 Å². The van der Waals surface area contributed by atoms with Crippen LogP contribution in [0.1, 0.15) is 52.7 Å². The maximum atomic E-state index is 13.7. The molecule has 0 aliphatic carbocycles. The Morgan fingerprint density at radius 2 is 1.53 bits per heavy atom. The summed E-state index contributed by atoms with van der Waals surface area (Å²) in [6, 6.07) is 2.47. The van der Waals surface area contributed by atoms with Gasteiger partial charge in [-0.15, -0.1) is 0 Å². The van der Waals surface area contributed by atoms with Crippen molar-refractivity contribution in [2.75, 3.05) is 13.1 Å². The second-order valence-electron chi connectivity index (χ2n) is 9.24. The van der Waals surface area contributed by atoms with Crippen molar-refractivity contribution in [2.45, 2.75) is 64.5 Å². The van der Waals surface area contributed by atoms with Gasteiger partial charge in [-0.05, 0) is 59.2 Å². The predicted molar refractivity (Wildman–Crippen MR) is 100 cm³/mol. The molecule has 1 heterocycles. The van der Waals surface area contributed by atoms with Gasteiger partial charge in [0.25, 0.3) is 0 Å². The number of nitrogens with one attached hydrogen (secondary N) is 1. The Hall–Kier alpha value is -2.52. The first-order chi connectivity index (χ1) is 13.4. The predicted octanol–water partition coefficient (Wildman–Crippen LogP) is 4.82. The molecular formula is C20H26F4N2O4. The van der Waals surface area contributed by atoms with Crippen molar-refractivity contribution < 1.29 is 36.6 Å². The molecule has 0 bridgehead atoms. The number of nitrogens with zero attached hydrogens (tertiary/aromatic N) is 1. The first kappa shape index (κ1) is 23.8. The van der Waals surface area contributed by atoms with E-state index in [0.29, 0.717) is 12.1 Å². The van der Waals surface area contributed by atoms with E-state index in [1.807, 2.05) is 0 Å². The Morgan fingerprint density at radius 3 is 2.00 bits per heavy atom. The number of rotatable bonds is 2. The summed E-state index contributed by atoms with van der Waals surface area (Å²) >= 11 is 0. The number of carbonyl (C=O) groups excluding carboxylic acids is 2. The van der Waals surface area contributed by atoms with E-state index >= 15 is 0 Å². The summed E-state index contributed by atoms with van der Waals surface area (Å²) < 4.78 is 63.7. The number of hydrogen-bond acceptors (Lipinski definition) is 4. The lowest BCUT2D eigenvalue weighted by Crippen LogP contribution is -2.69. The zero-order valence-electron chi connectivity index (χ0n) is 17.7. The summed E-state index contributed by atoms with van der Waals surface area (Å²) in [4.78, 5) is 25.8. The molecule has 1 N–H and O–H groups in total. The van der Waals surface area contributed by atoms with Gasteiger partial charge in [0.1, 0.15) is 22.6 Å². The molecule has 0 spiro atoms. The largest absolute Gasteiger partial charge is 0.444 e. The molecule has 30 heavy (non-hydrogen) atoms. The summed E-state index contributed by atoms with van der Waals surface area (Å²) in [5, 5.41) is 2.55. The summed E-state index contributed by atoms with van der Waals surface area (Å²) in [5.41, 5.74) is -4.46. The van der Waals surface area contributed by atoms with E-state index < -0.39 is 46.5 Å². The first-order valence-corrected chi connectivity index (χ1v) is 9.28. The van der Waals surface area contributed by atoms with E-state index in [0.717, 1.165) is 6.07 Å². The van der Waals surface area contributed by atoms with Crippen LogP contribution in [0.4, 0.5) is 27.2 Å². The molecule has 0 atom stereocenters. The minimum atomic E-state index is -4.91. The van der Waals surface area contributed by atoms with Crippen LogP contribution >= 0.6 is 0 Å². The van der Waals surface area contributed by atoms with Gasteiger partial charge in [0.05, 0.1) is 18.7 Å². The van der Waals surface area contributed by atoms with Crippen molar-refractivity contribution in [2.24, 2.45) is 0 Å². The fourth-order valence-corrected chi connectivity index (χ4v) is 2.93. The average Bonchev–Trinajstić information content (AvgIpc) is 2.46. The zero-order valence-corrected chi connectivity index (χ0v) is 17.7. The normalized spacial score (nSPS) is 16.5. The van der Waals surface area contributed by atoms with Crippen LogP contribution in [-0.2, 0) is 21.2 Å². The highest BCUT2D eigenvalue weighted by molar-refractivity contribution is 5.73. The molecule has 1 aromatic rings. The Balaban J connectivity index is 2.35. The summed E-state index contributed by atoms with van der Waals surface area (Å²) in [6.07, 6.45) is -6.46. The van der Waals surface area contributed by atoms with Crippen LogP contribution in [0.15, 0.2) is 18.2 Å². The van der Waals surface area contributed by atoms with E-state index in [1.165, 1.54) is 4.90 Å². The van der Waals surface area contributed by atoms with E-state index in [4.69, 9.17) is 9.47 Å². The molecule has 1 aliphatic heterocycles. The van der Waals surface area contributed by atoms with Crippen LogP contribution in [-0.4, -0.2) is 41.4 Å². The van der Waals surface area contributed by atoms with Gasteiger partial charge in [0.15, 0.2) is 0 Å². The Kier molecular flexibility index (Phi) is 6.04. The number of likely N-dealkylation sites (tertiary alicyclic amines) is 1. The van der Waals surface area contributed by atoms with E-state index in [2.05, 4.69) is 5.32 Å². The number of hydrogen-bond donors (Lipinski definition) is 1. The molecule has 0 aromatic heterocycles. The third-order valence-electron chi connectivity index (χ3n) is 4.14. The molecule has 1 aromatic carbocycles. The van der Waals surface area contributed by atoms with Crippen molar-refractivity contribution >= 4 is 12.2 Å². The average molecular weight is 434 g/mol. The lowest BCUT2D eigenvalue weighted by molar-refractivity contribution is -0.140. The van der Waals surface area contributed by atoms with E-state index in [9.17, 15) is 27.2 Å². The van der Waals surface area contributed by atoms with E-state index in [-0.39, 0.29) is 18.7 Å². The molecular weight excluding hydrogens is 408 g/mol. The second kappa shape index (κ2) is 7.63. The van der Waals surface area contributed by atoms with Crippen LogP contribution in [0, 0.1) is 5.82 Å². The fraction of sp³-hybridized carbons (Fsp3) is 0.600. The number of carbonyl (C=O) groups is 2. The Bertz CT molecular complexity index is 820. The smallest absolute Gasteiger partial charge is 0.419 e. The van der Waals surface area contributed by atoms with Crippen molar-refractivity contribution in [1.29, 1.82) is 0 Å². The van der Waals surface area contributed by atoms with Crippen molar-refractivity contribution in [3.63, 3.8) is 0 Å². The maximum Gasteiger partial charge on any atom is 0.419 e. The van der Waals surface area contributed by atoms with Gasteiger partial charge in [0.2, 0.25) is 0 Å². The standard InChI is InChI=1S/C20H26F4N2O4/c1-17(2,3)29-15(27)25-19(10-26(11-19)16(28)30-18(4,5)6)12-7-8-14(21)13(9-12)20(22,23)24/h7-9H,10-11H2,1-6H3,(H,25,27). The van der Waals surface area contributed by atoms with Gasteiger partial charge in [-0.25, -0.2) is 14.0 Å². The lowest BCUT2D eigenvalue weighted by atomic mass is 9.81. The highest BCUT2D eigenvalue weighted by Gasteiger charge is 2.50. The molecule has 168 valence electrons. The third kappa shape index (κ3) is 5.76. The molecule has 0 radical (unpaired) electrons. The lowest BCUT2D eigenvalue weighted by Gasteiger charge is -2.50. The van der Waals surface area contributed by atoms with Gasteiger partial charge in [0, 0.05) is 0 Å². The second-order valence-corrected chi connectivity index (χ2v) is 9.24. The topological polar surface area (TPSA) is 67.9 Å². The monoisotopic (exact) mass is 434 g/mol. The number of amides is 2. The summed E-state index contributed by atoms with van der Waals surface area (Å²) in [5.74, 6) is -1.43. The molecule has 10 heteroatoms. The molecule has 2 amide bonds. The summed E-state index contributed by atoms with van der Waals surface area (Å²) in [7, 11) is 0.